The minimum absolute atomic E-state index is 0.00331. The molecule has 0 unspecified atom stereocenters. The normalized spacial score (nSPS) is 11.0. The number of H-pyrrole nitrogens is 1. The van der Waals surface area contributed by atoms with Crippen LogP contribution in [-0.4, -0.2) is 20.7 Å². The molecule has 3 aromatic rings. The molecule has 0 aliphatic carbocycles. The number of hydrogen-bond donors (Lipinski definition) is 1. The van der Waals surface area contributed by atoms with Gasteiger partial charge in [-0.05, 0) is 19.1 Å². The molecular weight excluding hydrogens is 341 g/mol. The Morgan fingerprint density at radius 3 is 2.61 bits per heavy atom. The van der Waals surface area contributed by atoms with Crippen LogP contribution < -0.4 is 5.56 Å². The minimum Gasteiger partial charge on any atom is -0.356 e. The molecule has 6 nitrogen and oxygen atoms in total. The molecule has 118 valence electrons. The highest BCUT2D eigenvalue weighted by Crippen LogP contribution is 2.37. The van der Waals surface area contributed by atoms with Crippen molar-refractivity contribution in [3.63, 3.8) is 0 Å². The third kappa shape index (κ3) is 2.60. The largest absolute Gasteiger partial charge is 0.356 e. The van der Waals surface area contributed by atoms with E-state index in [4.69, 9.17) is 27.7 Å². The molecule has 2 heterocycles. The maximum absolute atomic E-state index is 12.6. The van der Waals surface area contributed by atoms with Gasteiger partial charge in [-0.15, -0.1) is 0 Å². The summed E-state index contributed by atoms with van der Waals surface area (Å²) in [5.74, 6) is -0.139. The van der Waals surface area contributed by atoms with Gasteiger partial charge in [0.05, 0.1) is 21.3 Å². The third-order valence-corrected chi connectivity index (χ3v) is 4.10. The molecule has 0 fully saturated rings. The maximum atomic E-state index is 12.6. The quantitative estimate of drug-likeness (QED) is 0.734. The lowest BCUT2D eigenvalue weighted by Crippen LogP contribution is -2.19. The lowest BCUT2D eigenvalue weighted by molar-refractivity contribution is 0.103. The highest BCUT2D eigenvalue weighted by Gasteiger charge is 2.23. The number of hydrogen-bond acceptors (Lipinski definition) is 4. The predicted octanol–water partition coefficient (Wildman–Crippen LogP) is 3.21. The zero-order chi connectivity index (χ0) is 16.7. The number of rotatable bonds is 3. The minimum atomic E-state index is -0.494. The van der Waals surface area contributed by atoms with Gasteiger partial charge in [0.1, 0.15) is 5.56 Å². The Morgan fingerprint density at radius 2 is 2.04 bits per heavy atom. The summed E-state index contributed by atoms with van der Waals surface area (Å²) in [4.78, 5) is 24.5. The van der Waals surface area contributed by atoms with E-state index in [-0.39, 0.29) is 16.1 Å². The van der Waals surface area contributed by atoms with Gasteiger partial charge in [-0.1, -0.05) is 28.4 Å². The van der Waals surface area contributed by atoms with Crippen molar-refractivity contribution < 1.29 is 9.32 Å². The van der Waals surface area contributed by atoms with Gasteiger partial charge >= 0.3 is 0 Å². The molecule has 3 rings (SSSR count). The molecule has 0 bridgehead atoms. The highest BCUT2D eigenvalue weighted by atomic mass is 35.5. The van der Waals surface area contributed by atoms with Crippen LogP contribution in [0.15, 0.2) is 33.7 Å². The monoisotopic (exact) mass is 351 g/mol. The first-order chi connectivity index (χ1) is 10.9. The number of halogens is 2. The van der Waals surface area contributed by atoms with E-state index in [0.29, 0.717) is 22.0 Å². The van der Waals surface area contributed by atoms with Crippen molar-refractivity contribution in [2.45, 2.75) is 6.92 Å². The van der Waals surface area contributed by atoms with E-state index in [1.807, 2.05) is 0 Å². The van der Waals surface area contributed by atoms with Crippen molar-refractivity contribution in [2.75, 3.05) is 0 Å². The lowest BCUT2D eigenvalue weighted by atomic mass is 10.0. The predicted molar refractivity (Wildman–Crippen MR) is 86.2 cm³/mol. The zero-order valence-corrected chi connectivity index (χ0v) is 13.7. The molecule has 2 aromatic heterocycles. The number of nitrogens with zero attached hydrogens (tertiary/aromatic N) is 2. The van der Waals surface area contributed by atoms with E-state index in [1.54, 1.807) is 13.0 Å². The Balaban J connectivity index is 2.17. The number of carbonyl (C=O) groups is 1. The molecule has 0 aliphatic rings. The molecule has 1 aromatic carbocycles. The molecule has 1 N–H and O–H groups in total. The van der Waals surface area contributed by atoms with Crippen LogP contribution in [0.4, 0.5) is 0 Å². The SMILES string of the molecule is Cc1cc(-c2c(Cl)ccc(C(=O)c3c[nH]n(C)c3=O)c2Cl)on1. The van der Waals surface area contributed by atoms with Gasteiger partial charge < -0.3 is 9.62 Å². The molecule has 0 saturated heterocycles. The first kappa shape index (κ1) is 15.6. The number of benzene rings is 1. The molecule has 0 atom stereocenters. The van der Waals surface area contributed by atoms with Gasteiger partial charge in [-0.3, -0.25) is 14.3 Å². The summed E-state index contributed by atoms with van der Waals surface area (Å²) in [7, 11) is 1.52. The van der Waals surface area contributed by atoms with Crippen molar-refractivity contribution in [2.24, 2.45) is 7.05 Å². The smallest absolute Gasteiger partial charge is 0.277 e. The first-order valence-electron chi connectivity index (χ1n) is 6.61. The molecule has 0 aliphatic heterocycles. The molecular formula is C15H11Cl2N3O3. The average molecular weight is 352 g/mol. The van der Waals surface area contributed by atoms with Crippen molar-refractivity contribution >= 4 is 29.0 Å². The van der Waals surface area contributed by atoms with E-state index < -0.39 is 11.3 Å². The van der Waals surface area contributed by atoms with Crippen molar-refractivity contribution in [3.05, 3.63) is 61.6 Å². The fraction of sp³-hybridized carbons (Fsp3) is 0.133. The van der Waals surface area contributed by atoms with Gasteiger partial charge in [0, 0.05) is 24.9 Å². The van der Waals surface area contributed by atoms with E-state index in [1.165, 1.54) is 30.1 Å². The van der Waals surface area contributed by atoms with E-state index in [2.05, 4.69) is 10.3 Å². The van der Waals surface area contributed by atoms with Crippen molar-refractivity contribution in [3.8, 4) is 11.3 Å². The lowest BCUT2D eigenvalue weighted by Gasteiger charge is -2.07. The van der Waals surface area contributed by atoms with Crippen molar-refractivity contribution in [1.29, 1.82) is 0 Å². The summed E-state index contributed by atoms with van der Waals surface area (Å²) in [6.07, 6.45) is 1.34. The van der Waals surface area contributed by atoms with E-state index in [9.17, 15) is 9.59 Å². The van der Waals surface area contributed by atoms with Gasteiger partial charge in [-0.25, -0.2) is 0 Å². The fourth-order valence-electron chi connectivity index (χ4n) is 2.21. The number of aromatic nitrogens is 3. The number of aromatic amines is 1. The second-order valence-corrected chi connectivity index (χ2v) is 5.78. The number of carbonyl (C=O) groups excluding carboxylic acids is 1. The maximum Gasteiger partial charge on any atom is 0.277 e. The molecule has 0 amide bonds. The summed E-state index contributed by atoms with van der Waals surface area (Å²) < 4.78 is 6.38. The summed E-state index contributed by atoms with van der Waals surface area (Å²) in [6.45, 7) is 1.76. The first-order valence-corrected chi connectivity index (χ1v) is 7.36. The van der Waals surface area contributed by atoms with Crippen LogP contribution in [0.2, 0.25) is 10.0 Å². The Kier molecular flexibility index (Phi) is 3.87. The van der Waals surface area contributed by atoms with Crippen LogP contribution in [0.1, 0.15) is 21.6 Å². The van der Waals surface area contributed by atoms with Crippen LogP contribution in [-0.2, 0) is 7.05 Å². The number of aryl methyl sites for hydroxylation is 2. The Morgan fingerprint density at radius 1 is 1.30 bits per heavy atom. The van der Waals surface area contributed by atoms with Crippen LogP contribution >= 0.6 is 23.2 Å². The summed E-state index contributed by atoms with van der Waals surface area (Å²) in [6, 6.07) is 4.67. The standard InChI is InChI=1S/C15H11Cl2N3O3/c1-7-5-11(23-19-7)12-10(16)4-3-8(13(12)17)14(21)9-6-18-20(2)15(9)22/h3-6,18H,1-2H3. The van der Waals surface area contributed by atoms with Crippen LogP contribution in [0.5, 0.6) is 0 Å². The fourth-order valence-corrected chi connectivity index (χ4v) is 2.85. The van der Waals surface area contributed by atoms with Crippen molar-refractivity contribution in [1.82, 2.24) is 14.9 Å². The van der Waals surface area contributed by atoms with Crippen LogP contribution in [0, 0.1) is 6.92 Å². The van der Waals surface area contributed by atoms with Gasteiger partial charge in [0.25, 0.3) is 5.56 Å². The summed E-state index contributed by atoms with van der Waals surface area (Å²) in [5, 5.41) is 6.88. The van der Waals surface area contributed by atoms with E-state index in [0.717, 1.165) is 0 Å². The topological polar surface area (TPSA) is 80.9 Å². The second-order valence-electron chi connectivity index (χ2n) is 5.00. The van der Waals surface area contributed by atoms with Crippen LogP contribution in [0.25, 0.3) is 11.3 Å². The molecule has 0 spiro atoms. The zero-order valence-electron chi connectivity index (χ0n) is 12.2. The summed E-state index contributed by atoms with van der Waals surface area (Å²) in [5.41, 5.74) is 0.752. The molecule has 8 heteroatoms. The Bertz CT molecular complexity index is 969. The third-order valence-electron chi connectivity index (χ3n) is 3.39. The molecule has 0 radical (unpaired) electrons. The van der Waals surface area contributed by atoms with Gasteiger partial charge in [0.15, 0.2) is 5.76 Å². The average Bonchev–Trinajstić information content (AvgIpc) is 3.06. The Hall–Kier alpha value is -2.31. The Labute approximate surface area is 140 Å². The van der Waals surface area contributed by atoms with Gasteiger partial charge in [-0.2, -0.15) is 0 Å². The number of nitrogens with one attached hydrogen (secondary N) is 1. The van der Waals surface area contributed by atoms with Crippen LogP contribution in [0.3, 0.4) is 0 Å². The highest BCUT2D eigenvalue weighted by molar-refractivity contribution is 6.41. The number of ketones is 1. The molecule has 23 heavy (non-hydrogen) atoms. The summed E-state index contributed by atoms with van der Waals surface area (Å²) >= 11 is 12.5. The molecule has 0 saturated carbocycles. The van der Waals surface area contributed by atoms with Gasteiger partial charge in [0.2, 0.25) is 5.78 Å². The second kappa shape index (κ2) is 5.72. The van der Waals surface area contributed by atoms with E-state index >= 15 is 0 Å².